The number of aromatic amines is 1. The second-order valence-electron chi connectivity index (χ2n) is 6.93. The number of ether oxygens (including phenoxy) is 2. The van der Waals surface area contributed by atoms with Crippen molar-refractivity contribution in [2.75, 3.05) is 33.4 Å². The molecular formula is C18H23N3O3. The average molecular weight is 329 g/mol. The van der Waals surface area contributed by atoms with Crippen molar-refractivity contribution in [3.05, 3.63) is 24.0 Å². The summed E-state index contributed by atoms with van der Waals surface area (Å²) in [7, 11) is 1.66. The van der Waals surface area contributed by atoms with Crippen LogP contribution in [-0.2, 0) is 16.0 Å². The number of amides is 1. The van der Waals surface area contributed by atoms with Crippen LogP contribution >= 0.6 is 0 Å². The van der Waals surface area contributed by atoms with Gasteiger partial charge in [-0.3, -0.25) is 4.79 Å². The number of likely N-dealkylation sites (tertiary alicyclic amines) is 1. The third-order valence-corrected chi connectivity index (χ3v) is 5.29. The normalized spacial score (nSPS) is 24.2. The van der Waals surface area contributed by atoms with E-state index in [2.05, 4.69) is 9.97 Å². The third kappa shape index (κ3) is 2.86. The molecule has 0 saturated carbocycles. The van der Waals surface area contributed by atoms with Crippen molar-refractivity contribution in [2.45, 2.75) is 25.7 Å². The Hall–Kier alpha value is -2.08. The molecule has 1 atom stereocenters. The lowest BCUT2D eigenvalue weighted by atomic mass is 9.79. The van der Waals surface area contributed by atoms with E-state index >= 15 is 0 Å². The molecule has 0 bridgehead atoms. The molecule has 2 aliphatic rings. The fourth-order valence-electron chi connectivity index (χ4n) is 3.81. The standard InChI is InChI=1S/C18H23N3O3/c1-23-13-2-3-14-15(10-13)20-16(19-14)5-8-21-11-18(6-4-17(21)22)7-9-24-12-18/h2-3,10H,4-9,11-12H2,1H3,(H,19,20)/t18-/m0/s1. The number of imidazole rings is 1. The van der Waals surface area contributed by atoms with Gasteiger partial charge in [0.05, 0.1) is 24.8 Å². The molecule has 1 amide bonds. The van der Waals surface area contributed by atoms with Gasteiger partial charge in [-0.1, -0.05) is 0 Å². The Bertz CT molecular complexity index is 749. The van der Waals surface area contributed by atoms with Gasteiger partial charge in [-0.25, -0.2) is 4.98 Å². The van der Waals surface area contributed by atoms with Crippen LogP contribution in [0.1, 0.15) is 25.1 Å². The molecule has 2 aliphatic heterocycles. The first kappa shape index (κ1) is 15.4. The largest absolute Gasteiger partial charge is 0.497 e. The summed E-state index contributed by atoms with van der Waals surface area (Å²) in [6, 6.07) is 5.80. The fraction of sp³-hybridized carbons (Fsp3) is 0.556. The van der Waals surface area contributed by atoms with Gasteiger partial charge in [0.25, 0.3) is 0 Å². The number of hydrogen-bond donors (Lipinski definition) is 1. The number of nitrogens with zero attached hydrogens (tertiary/aromatic N) is 2. The number of piperidine rings is 1. The smallest absolute Gasteiger partial charge is 0.222 e. The fourth-order valence-corrected chi connectivity index (χ4v) is 3.81. The van der Waals surface area contributed by atoms with E-state index in [0.717, 1.165) is 61.6 Å². The lowest BCUT2D eigenvalue weighted by Gasteiger charge is -2.39. The molecular weight excluding hydrogens is 306 g/mol. The van der Waals surface area contributed by atoms with E-state index in [9.17, 15) is 4.79 Å². The van der Waals surface area contributed by atoms with Crippen molar-refractivity contribution in [1.82, 2.24) is 14.9 Å². The number of benzene rings is 1. The van der Waals surface area contributed by atoms with Gasteiger partial charge in [-0.2, -0.15) is 0 Å². The van der Waals surface area contributed by atoms with E-state index in [4.69, 9.17) is 9.47 Å². The molecule has 6 heteroatoms. The molecule has 0 aliphatic carbocycles. The number of methoxy groups -OCH3 is 1. The van der Waals surface area contributed by atoms with Gasteiger partial charge in [-0.05, 0) is 25.0 Å². The number of aromatic nitrogens is 2. The highest BCUT2D eigenvalue weighted by atomic mass is 16.5. The minimum Gasteiger partial charge on any atom is -0.497 e. The lowest BCUT2D eigenvalue weighted by molar-refractivity contribution is -0.137. The van der Waals surface area contributed by atoms with E-state index < -0.39 is 0 Å². The predicted molar refractivity (Wildman–Crippen MR) is 90.0 cm³/mol. The van der Waals surface area contributed by atoms with Crippen LogP contribution < -0.4 is 4.74 Å². The Balaban J connectivity index is 1.44. The zero-order valence-corrected chi connectivity index (χ0v) is 14.0. The first-order valence-electron chi connectivity index (χ1n) is 8.56. The van der Waals surface area contributed by atoms with E-state index in [1.807, 2.05) is 23.1 Å². The first-order chi connectivity index (χ1) is 11.7. The Kier molecular flexibility index (Phi) is 3.92. The van der Waals surface area contributed by atoms with Gasteiger partial charge >= 0.3 is 0 Å². The monoisotopic (exact) mass is 329 g/mol. The minimum atomic E-state index is 0.190. The van der Waals surface area contributed by atoms with Crippen LogP contribution in [0.25, 0.3) is 11.0 Å². The van der Waals surface area contributed by atoms with Crippen LogP contribution in [0.2, 0.25) is 0 Å². The molecule has 3 heterocycles. The number of carbonyl (C=O) groups excluding carboxylic acids is 1. The maximum absolute atomic E-state index is 12.2. The lowest BCUT2D eigenvalue weighted by Crippen LogP contribution is -2.47. The summed E-state index contributed by atoms with van der Waals surface area (Å²) in [5.74, 6) is 1.98. The molecule has 1 spiro atoms. The number of hydrogen-bond acceptors (Lipinski definition) is 4. The molecule has 0 unspecified atom stereocenters. The average Bonchev–Trinajstić information content (AvgIpc) is 3.22. The molecule has 0 radical (unpaired) electrons. The van der Waals surface area contributed by atoms with Crippen molar-refractivity contribution in [2.24, 2.45) is 5.41 Å². The van der Waals surface area contributed by atoms with Gasteiger partial charge in [0, 0.05) is 44.0 Å². The molecule has 6 nitrogen and oxygen atoms in total. The predicted octanol–water partition coefficient (Wildman–Crippen LogP) is 2.14. The van der Waals surface area contributed by atoms with Gasteiger partial charge in [0.2, 0.25) is 5.91 Å². The van der Waals surface area contributed by atoms with Crippen molar-refractivity contribution >= 4 is 16.9 Å². The van der Waals surface area contributed by atoms with Crippen LogP contribution in [-0.4, -0.2) is 54.2 Å². The maximum Gasteiger partial charge on any atom is 0.222 e. The van der Waals surface area contributed by atoms with Crippen LogP contribution in [0.5, 0.6) is 5.75 Å². The molecule has 1 aromatic carbocycles. The first-order valence-corrected chi connectivity index (χ1v) is 8.56. The molecule has 1 N–H and O–H groups in total. The van der Waals surface area contributed by atoms with Crippen molar-refractivity contribution in [3.63, 3.8) is 0 Å². The Morgan fingerprint density at radius 1 is 1.42 bits per heavy atom. The van der Waals surface area contributed by atoms with Crippen LogP contribution in [0, 0.1) is 5.41 Å². The quantitative estimate of drug-likeness (QED) is 0.933. The summed E-state index contributed by atoms with van der Waals surface area (Å²) in [5.41, 5.74) is 2.08. The van der Waals surface area contributed by atoms with Crippen molar-refractivity contribution in [3.8, 4) is 5.75 Å². The highest BCUT2D eigenvalue weighted by Crippen LogP contribution is 2.38. The zero-order chi connectivity index (χ0) is 16.6. The summed E-state index contributed by atoms with van der Waals surface area (Å²) >= 11 is 0. The van der Waals surface area contributed by atoms with Crippen LogP contribution in [0.3, 0.4) is 0 Å². The van der Waals surface area contributed by atoms with Gasteiger partial charge < -0.3 is 19.4 Å². The number of nitrogens with one attached hydrogen (secondary N) is 1. The highest BCUT2D eigenvalue weighted by Gasteiger charge is 2.41. The molecule has 2 saturated heterocycles. The minimum absolute atomic E-state index is 0.190. The van der Waals surface area contributed by atoms with Crippen LogP contribution in [0.15, 0.2) is 18.2 Å². The summed E-state index contributed by atoms with van der Waals surface area (Å²) in [6.45, 7) is 3.14. The van der Waals surface area contributed by atoms with E-state index in [1.54, 1.807) is 7.11 Å². The molecule has 2 aromatic rings. The SMILES string of the molecule is COc1ccc2nc(CCN3C[C@@]4(CCOC4)CCC3=O)[nH]c2c1. The van der Waals surface area contributed by atoms with Gasteiger partial charge in [-0.15, -0.1) is 0 Å². The summed E-state index contributed by atoms with van der Waals surface area (Å²) in [5, 5.41) is 0. The summed E-state index contributed by atoms with van der Waals surface area (Å²) < 4.78 is 10.8. The molecule has 24 heavy (non-hydrogen) atoms. The van der Waals surface area contributed by atoms with Crippen molar-refractivity contribution < 1.29 is 14.3 Å². The number of carbonyl (C=O) groups is 1. The van der Waals surface area contributed by atoms with Crippen LogP contribution in [0.4, 0.5) is 0 Å². The zero-order valence-electron chi connectivity index (χ0n) is 14.0. The Morgan fingerprint density at radius 3 is 3.12 bits per heavy atom. The molecule has 4 rings (SSSR count). The molecule has 2 fully saturated rings. The molecule has 128 valence electrons. The summed E-state index contributed by atoms with van der Waals surface area (Å²) in [4.78, 5) is 22.2. The van der Waals surface area contributed by atoms with Gasteiger partial charge in [0.1, 0.15) is 11.6 Å². The second-order valence-corrected chi connectivity index (χ2v) is 6.93. The molecule has 1 aromatic heterocycles. The topological polar surface area (TPSA) is 67.5 Å². The Morgan fingerprint density at radius 2 is 2.33 bits per heavy atom. The van der Waals surface area contributed by atoms with Crippen molar-refractivity contribution in [1.29, 1.82) is 0 Å². The highest BCUT2D eigenvalue weighted by molar-refractivity contribution is 5.78. The Labute approximate surface area is 141 Å². The maximum atomic E-state index is 12.2. The number of H-pyrrole nitrogens is 1. The number of fused-ring (bicyclic) bond motifs is 1. The van der Waals surface area contributed by atoms with E-state index in [1.165, 1.54) is 0 Å². The third-order valence-electron chi connectivity index (χ3n) is 5.29. The van der Waals surface area contributed by atoms with E-state index in [-0.39, 0.29) is 11.3 Å². The second kappa shape index (κ2) is 6.09. The van der Waals surface area contributed by atoms with E-state index in [0.29, 0.717) is 13.0 Å². The number of rotatable bonds is 4. The van der Waals surface area contributed by atoms with Gasteiger partial charge in [0.15, 0.2) is 0 Å². The summed E-state index contributed by atoms with van der Waals surface area (Å²) in [6.07, 6.45) is 3.41.